The van der Waals surface area contributed by atoms with Gasteiger partial charge < -0.3 is 15.0 Å². The molecule has 34 heavy (non-hydrogen) atoms. The average Bonchev–Trinajstić information content (AvgIpc) is 2.83. The summed E-state index contributed by atoms with van der Waals surface area (Å²) in [5, 5.41) is 5.09. The van der Waals surface area contributed by atoms with E-state index in [0.29, 0.717) is 31.2 Å². The van der Waals surface area contributed by atoms with Gasteiger partial charge in [-0.2, -0.15) is 0 Å². The fraction of sp³-hybridized carbons (Fsp3) is 0.357. The minimum Gasteiger partial charge on any atom is -0.483 e. The fourth-order valence-electron chi connectivity index (χ4n) is 3.78. The highest BCUT2D eigenvalue weighted by atomic mass is 79.9. The molecule has 1 N–H and O–H groups in total. The van der Waals surface area contributed by atoms with Crippen LogP contribution in [0.15, 0.2) is 65.1 Å². The lowest BCUT2D eigenvalue weighted by Crippen LogP contribution is -2.50. The number of nitrogens with one attached hydrogen (secondary N) is 1. The molecule has 1 atom stereocenters. The molecule has 0 saturated carbocycles. The largest absolute Gasteiger partial charge is 0.483 e. The van der Waals surface area contributed by atoms with E-state index >= 15 is 0 Å². The van der Waals surface area contributed by atoms with Crippen molar-refractivity contribution in [2.24, 2.45) is 5.92 Å². The van der Waals surface area contributed by atoms with Crippen molar-refractivity contribution in [3.05, 3.63) is 76.3 Å². The quantitative estimate of drug-likeness (QED) is 0.360. The second kappa shape index (κ2) is 12.0. The summed E-state index contributed by atoms with van der Waals surface area (Å²) >= 11 is 3.62. The second-order valence-corrected chi connectivity index (χ2v) is 9.75. The molecular formula is C28H33BrN2O3. The number of carbonyl (C=O) groups is 2. The number of nitrogens with zero attached hydrogens (tertiary/aromatic N) is 1. The normalized spacial score (nSPS) is 11.9. The third-order valence-corrected chi connectivity index (χ3v) is 6.54. The zero-order valence-electron chi connectivity index (χ0n) is 20.3. The van der Waals surface area contributed by atoms with Gasteiger partial charge in [0.05, 0.1) is 4.47 Å². The first-order valence-electron chi connectivity index (χ1n) is 11.7. The monoisotopic (exact) mass is 524 g/mol. The van der Waals surface area contributed by atoms with Gasteiger partial charge in [-0.15, -0.1) is 0 Å². The van der Waals surface area contributed by atoms with Crippen molar-refractivity contribution in [1.29, 1.82) is 0 Å². The molecule has 0 fully saturated rings. The molecule has 0 spiro atoms. The zero-order valence-corrected chi connectivity index (χ0v) is 21.9. The Kier molecular flexibility index (Phi) is 9.11. The molecule has 1 unspecified atom stereocenters. The maximum absolute atomic E-state index is 13.4. The van der Waals surface area contributed by atoms with Gasteiger partial charge in [-0.05, 0) is 57.6 Å². The number of rotatable bonds is 10. The molecule has 180 valence electrons. The van der Waals surface area contributed by atoms with Crippen LogP contribution < -0.4 is 10.1 Å². The number of hydrogen-bond donors (Lipinski definition) is 1. The molecular weight excluding hydrogens is 492 g/mol. The van der Waals surface area contributed by atoms with E-state index in [4.69, 9.17) is 4.74 Å². The number of aryl methyl sites for hydroxylation is 1. The lowest BCUT2D eigenvalue weighted by molar-refractivity contribution is -0.143. The topological polar surface area (TPSA) is 58.6 Å². The van der Waals surface area contributed by atoms with Gasteiger partial charge in [0.25, 0.3) is 5.91 Å². The van der Waals surface area contributed by atoms with Crippen molar-refractivity contribution in [3.8, 4) is 5.75 Å². The summed E-state index contributed by atoms with van der Waals surface area (Å²) in [6.07, 6.45) is 0.515. The summed E-state index contributed by atoms with van der Waals surface area (Å²) in [6, 6.07) is 19.3. The lowest BCUT2D eigenvalue weighted by atomic mass is 10.1. The molecule has 0 aromatic heterocycles. The fourth-order valence-corrected chi connectivity index (χ4v) is 4.39. The first-order chi connectivity index (χ1) is 16.3. The number of amides is 2. The highest BCUT2D eigenvalue weighted by Gasteiger charge is 2.29. The van der Waals surface area contributed by atoms with E-state index in [1.807, 2.05) is 88.4 Å². The van der Waals surface area contributed by atoms with Crippen molar-refractivity contribution >= 4 is 38.5 Å². The van der Waals surface area contributed by atoms with E-state index in [9.17, 15) is 9.59 Å². The highest BCUT2D eigenvalue weighted by Crippen LogP contribution is 2.33. The number of halogens is 1. The van der Waals surface area contributed by atoms with Crippen LogP contribution in [0.5, 0.6) is 5.75 Å². The van der Waals surface area contributed by atoms with Gasteiger partial charge in [0.2, 0.25) is 5.91 Å². The van der Waals surface area contributed by atoms with Crippen molar-refractivity contribution in [1.82, 2.24) is 10.2 Å². The van der Waals surface area contributed by atoms with Gasteiger partial charge in [-0.3, -0.25) is 9.59 Å². The minimum absolute atomic E-state index is 0.136. The van der Waals surface area contributed by atoms with Gasteiger partial charge in [-0.25, -0.2) is 0 Å². The van der Waals surface area contributed by atoms with Crippen LogP contribution in [0.1, 0.15) is 38.3 Å². The minimum atomic E-state index is -0.573. The predicted molar refractivity (Wildman–Crippen MR) is 141 cm³/mol. The molecule has 0 aliphatic heterocycles. The van der Waals surface area contributed by atoms with E-state index in [-0.39, 0.29) is 18.4 Å². The van der Waals surface area contributed by atoms with Crippen molar-refractivity contribution in [3.63, 3.8) is 0 Å². The number of ether oxygens (including phenoxy) is 1. The average molecular weight is 525 g/mol. The van der Waals surface area contributed by atoms with Crippen LogP contribution in [0, 0.1) is 12.8 Å². The molecule has 0 aliphatic carbocycles. The summed E-state index contributed by atoms with van der Waals surface area (Å²) in [6.45, 7) is 8.80. The van der Waals surface area contributed by atoms with Crippen LogP contribution in [0.2, 0.25) is 0 Å². The third kappa shape index (κ3) is 6.60. The van der Waals surface area contributed by atoms with Gasteiger partial charge in [-0.1, -0.05) is 80.9 Å². The molecule has 0 bridgehead atoms. The van der Waals surface area contributed by atoms with E-state index in [0.717, 1.165) is 26.4 Å². The summed E-state index contributed by atoms with van der Waals surface area (Å²) < 4.78 is 6.76. The second-order valence-electron chi connectivity index (χ2n) is 8.96. The Morgan fingerprint density at radius 1 is 1.03 bits per heavy atom. The maximum Gasteiger partial charge on any atom is 0.261 e. The molecule has 0 saturated heterocycles. The summed E-state index contributed by atoms with van der Waals surface area (Å²) in [7, 11) is 0. The van der Waals surface area contributed by atoms with Crippen LogP contribution in [0.4, 0.5) is 0 Å². The van der Waals surface area contributed by atoms with Crippen LogP contribution in [-0.4, -0.2) is 35.9 Å². The Hall–Kier alpha value is -2.86. The van der Waals surface area contributed by atoms with Crippen molar-refractivity contribution in [2.75, 3.05) is 13.2 Å². The molecule has 3 aromatic carbocycles. The van der Waals surface area contributed by atoms with E-state index in [1.54, 1.807) is 4.90 Å². The predicted octanol–water partition coefficient (Wildman–Crippen LogP) is 5.87. The lowest BCUT2D eigenvalue weighted by Gasteiger charge is -2.31. The molecule has 6 heteroatoms. The SMILES string of the molecule is CCC(C(=O)NCC(C)C)N(Cc1ccc(C)cc1)C(=O)COc1ccc2ccccc2c1Br. The Balaban J connectivity index is 1.81. The molecule has 5 nitrogen and oxygen atoms in total. The first-order valence-corrected chi connectivity index (χ1v) is 12.5. The van der Waals surface area contributed by atoms with E-state index in [1.165, 1.54) is 0 Å². The highest BCUT2D eigenvalue weighted by molar-refractivity contribution is 9.10. The molecule has 0 radical (unpaired) electrons. The Bertz CT molecular complexity index is 1130. The molecule has 2 amide bonds. The van der Waals surface area contributed by atoms with Crippen LogP contribution >= 0.6 is 15.9 Å². The Labute approximate surface area is 210 Å². The molecule has 0 aliphatic rings. The van der Waals surface area contributed by atoms with E-state index < -0.39 is 6.04 Å². The zero-order chi connectivity index (χ0) is 24.7. The summed E-state index contributed by atoms with van der Waals surface area (Å²) in [5.41, 5.74) is 2.12. The molecule has 3 rings (SSSR count). The first kappa shape index (κ1) is 25.8. The van der Waals surface area contributed by atoms with Gasteiger partial charge in [0.1, 0.15) is 11.8 Å². The summed E-state index contributed by atoms with van der Waals surface area (Å²) in [4.78, 5) is 28.0. The smallest absolute Gasteiger partial charge is 0.261 e. The van der Waals surface area contributed by atoms with Crippen LogP contribution in [-0.2, 0) is 16.1 Å². The molecule has 3 aromatic rings. The Morgan fingerprint density at radius 2 is 1.74 bits per heavy atom. The number of fused-ring (bicyclic) bond motifs is 1. The molecule has 0 heterocycles. The van der Waals surface area contributed by atoms with Crippen molar-refractivity contribution < 1.29 is 14.3 Å². The number of benzene rings is 3. The third-order valence-electron chi connectivity index (χ3n) is 5.72. The van der Waals surface area contributed by atoms with E-state index in [2.05, 4.69) is 21.2 Å². The number of carbonyl (C=O) groups excluding carboxylic acids is 2. The van der Waals surface area contributed by atoms with Gasteiger partial charge in [0.15, 0.2) is 6.61 Å². The van der Waals surface area contributed by atoms with Gasteiger partial charge >= 0.3 is 0 Å². The van der Waals surface area contributed by atoms with Crippen LogP contribution in [0.25, 0.3) is 10.8 Å². The van der Waals surface area contributed by atoms with Crippen LogP contribution in [0.3, 0.4) is 0 Å². The maximum atomic E-state index is 13.4. The Morgan fingerprint density at radius 3 is 2.41 bits per heavy atom. The van der Waals surface area contributed by atoms with Crippen molar-refractivity contribution in [2.45, 2.75) is 46.7 Å². The van der Waals surface area contributed by atoms with Gasteiger partial charge in [0, 0.05) is 13.1 Å². The summed E-state index contributed by atoms with van der Waals surface area (Å²) in [5.74, 6) is 0.562. The standard InChI is InChI=1S/C28H33BrN2O3/c1-5-24(28(33)30-16-19(2)3)31(17-21-12-10-20(4)11-13-21)26(32)18-34-25-15-14-22-8-6-7-9-23(22)27(25)29/h6-15,19,24H,5,16-18H2,1-4H3,(H,30,33). The number of hydrogen-bond acceptors (Lipinski definition) is 3.